The van der Waals surface area contributed by atoms with E-state index in [-0.39, 0.29) is 17.2 Å². The summed E-state index contributed by atoms with van der Waals surface area (Å²) < 4.78 is 5.72. The number of fused-ring (bicyclic) bond motifs is 1. The van der Waals surface area contributed by atoms with Crippen LogP contribution < -0.4 is 15.4 Å². The van der Waals surface area contributed by atoms with Gasteiger partial charge in [0.1, 0.15) is 5.75 Å². The van der Waals surface area contributed by atoms with Crippen molar-refractivity contribution in [2.45, 2.75) is 38.7 Å². The summed E-state index contributed by atoms with van der Waals surface area (Å²) in [6.45, 7) is 6.76. The second kappa shape index (κ2) is 7.20. The molecule has 0 bridgehead atoms. The first kappa shape index (κ1) is 18.0. The Morgan fingerprint density at radius 1 is 1.12 bits per heavy atom. The van der Waals surface area contributed by atoms with Crippen molar-refractivity contribution >= 4 is 17.5 Å². The van der Waals surface area contributed by atoms with Crippen LogP contribution in [-0.4, -0.2) is 24.5 Å². The van der Waals surface area contributed by atoms with E-state index in [1.54, 1.807) is 6.07 Å². The number of carbonyl (C=O) groups excluding carboxylic acids is 2. The molecule has 0 spiro atoms. The molecule has 2 N–H and O–H groups in total. The molecule has 0 radical (unpaired) electrons. The predicted octanol–water partition coefficient (Wildman–Crippen LogP) is 3.50. The number of hydrogen-bond donors (Lipinski definition) is 2. The number of hydrogen-bond acceptors (Lipinski definition) is 3. The van der Waals surface area contributed by atoms with Crippen LogP contribution in [0.25, 0.3) is 0 Å². The Morgan fingerprint density at radius 2 is 1.81 bits per heavy atom. The lowest BCUT2D eigenvalue weighted by molar-refractivity contribution is -0.123. The summed E-state index contributed by atoms with van der Waals surface area (Å²) >= 11 is 0. The van der Waals surface area contributed by atoms with Crippen LogP contribution in [0.5, 0.6) is 5.75 Å². The van der Waals surface area contributed by atoms with E-state index in [1.165, 1.54) is 5.56 Å². The molecule has 2 aromatic rings. The Kier molecular flexibility index (Phi) is 4.98. The molecule has 1 aliphatic heterocycles. The van der Waals surface area contributed by atoms with Gasteiger partial charge in [0.2, 0.25) is 0 Å². The minimum atomic E-state index is -0.603. The Hall–Kier alpha value is -2.82. The number of amides is 2. The third-order valence-electron chi connectivity index (χ3n) is 4.41. The normalized spacial score (nSPS) is 16.3. The van der Waals surface area contributed by atoms with Gasteiger partial charge < -0.3 is 15.4 Å². The maximum Gasteiger partial charge on any atom is 0.265 e. The van der Waals surface area contributed by atoms with Gasteiger partial charge in [0.05, 0.1) is 5.69 Å². The zero-order chi connectivity index (χ0) is 18.7. The zero-order valence-electron chi connectivity index (χ0n) is 15.3. The number of carbonyl (C=O) groups is 2. The summed E-state index contributed by atoms with van der Waals surface area (Å²) in [6, 6.07) is 14.9. The van der Waals surface area contributed by atoms with E-state index in [9.17, 15) is 9.59 Å². The average molecular weight is 352 g/mol. The van der Waals surface area contributed by atoms with E-state index in [2.05, 4.69) is 31.4 Å². The van der Waals surface area contributed by atoms with E-state index >= 15 is 0 Å². The van der Waals surface area contributed by atoms with Gasteiger partial charge in [-0.15, -0.1) is 0 Å². The summed E-state index contributed by atoms with van der Waals surface area (Å²) in [5.41, 5.74) is 2.52. The van der Waals surface area contributed by atoms with Crippen molar-refractivity contribution in [1.29, 1.82) is 0 Å². The topological polar surface area (TPSA) is 67.4 Å². The first-order valence-electron chi connectivity index (χ1n) is 8.80. The highest BCUT2D eigenvalue weighted by atomic mass is 16.5. The standard InChI is InChI=1S/C21H24N2O3/c1-21(2,3)15-10-8-14(9-11-15)19(24)22-13-12-18-20(25)23-16-6-4-5-7-17(16)26-18/h4-11,18H,12-13H2,1-3H3,(H,22,24)(H,23,25). The predicted molar refractivity (Wildman–Crippen MR) is 102 cm³/mol. The maximum absolute atomic E-state index is 12.3. The van der Waals surface area contributed by atoms with Crippen LogP contribution in [0, 0.1) is 0 Å². The first-order valence-corrected chi connectivity index (χ1v) is 8.80. The van der Waals surface area contributed by atoms with Crippen molar-refractivity contribution in [2.75, 3.05) is 11.9 Å². The van der Waals surface area contributed by atoms with Gasteiger partial charge >= 0.3 is 0 Å². The number of para-hydroxylation sites is 2. The van der Waals surface area contributed by atoms with Crippen LogP contribution in [0.3, 0.4) is 0 Å². The highest BCUT2D eigenvalue weighted by Crippen LogP contribution is 2.29. The Balaban J connectivity index is 1.53. The molecule has 0 fully saturated rings. The van der Waals surface area contributed by atoms with Crippen LogP contribution in [0.4, 0.5) is 5.69 Å². The highest BCUT2D eigenvalue weighted by Gasteiger charge is 2.27. The van der Waals surface area contributed by atoms with E-state index in [4.69, 9.17) is 4.74 Å². The highest BCUT2D eigenvalue weighted by molar-refractivity contribution is 5.98. The lowest BCUT2D eigenvalue weighted by Gasteiger charge is -2.25. The maximum atomic E-state index is 12.3. The molecule has 2 amide bonds. The second-order valence-corrected chi connectivity index (χ2v) is 7.46. The Labute approximate surface area is 153 Å². The fourth-order valence-electron chi connectivity index (χ4n) is 2.82. The molecule has 26 heavy (non-hydrogen) atoms. The van der Waals surface area contributed by atoms with E-state index < -0.39 is 6.10 Å². The molecule has 0 aliphatic carbocycles. The molecule has 0 saturated heterocycles. The van der Waals surface area contributed by atoms with Gasteiger partial charge in [-0.05, 0) is 35.2 Å². The average Bonchev–Trinajstić information content (AvgIpc) is 2.61. The van der Waals surface area contributed by atoms with Gasteiger partial charge in [-0.3, -0.25) is 9.59 Å². The molecule has 0 aromatic heterocycles. The van der Waals surface area contributed by atoms with Crippen LogP contribution in [0.2, 0.25) is 0 Å². The fraction of sp³-hybridized carbons (Fsp3) is 0.333. The van der Waals surface area contributed by atoms with E-state index in [0.29, 0.717) is 30.0 Å². The number of ether oxygens (including phenoxy) is 1. The van der Waals surface area contributed by atoms with E-state index in [0.717, 1.165) is 0 Å². The summed E-state index contributed by atoms with van der Waals surface area (Å²) in [4.78, 5) is 24.4. The minimum absolute atomic E-state index is 0.0526. The third kappa shape index (κ3) is 4.04. The van der Waals surface area contributed by atoms with Crippen molar-refractivity contribution in [3.05, 3.63) is 59.7 Å². The fourth-order valence-corrected chi connectivity index (χ4v) is 2.82. The number of nitrogens with one attached hydrogen (secondary N) is 2. The smallest absolute Gasteiger partial charge is 0.265 e. The SMILES string of the molecule is CC(C)(C)c1ccc(C(=O)NCCC2Oc3ccccc3NC2=O)cc1. The lowest BCUT2D eigenvalue weighted by Crippen LogP contribution is -2.39. The molecule has 5 heteroatoms. The van der Waals surface area contributed by atoms with Crippen molar-refractivity contribution < 1.29 is 14.3 Å². The van der Waals surface area contributed by atoms with Gasteiger partial charge in [-0.1, -0.05) is 45.0 Å². The molecule has 1 aliphatic rings. The molecule has 1 atom stereocenters. The third-order valence-corrected chi connectivity index (χ3v) is 4.41. The van der Waals surface area contributed by atoms with Gasteiger partial charge in [-0.2, -0.15) is 0 Å². The van der Waals surface area contributed by atoms with Crippen LogP contribution >= 0.6 is 0 Å². The monoisotopic (exact) mass is 352 g/mol. The molecular formula is C21H24N2O3. The van der Waals surface area contributed by atoms with Gasteiger partial charge in [0.15, 0.2) is 6.10 Å². The summed E-state index contributed by atoms with van der Waals surface area (Å²) in [5, 5.41) is 5.67. The summed E-state index contributed by atoms with van der Waals surface area (Å²) in [5.74, 6) is 0.316. The Bertz CT molecular complexity index is 807. The zero-order valence-corrected chi connectivity index (χ0v) is 15.3. The van der Waals surface area contributed by atoms with Crippen LogP contribution in [0.15, 0.2) is 48.5 Å². The largest absolute Gasteiger partial charge is 0.478 e. The van der Waals surface area contributed by atoms with Crippen LogP contribution in [-0.2, 0) is 10.2 Å². The molecule has 2 aromatic carbocycles. The molecule has 136 valence electrons. The van der Waals surface area contributed by atoms with Gasteiger partial charge in [0, 0.05) is 18.5 Å². The minimum Gasteiger partial charge on any atom is -0.478 e. The molecule has 5 nitrogen and oxygen atoms in total. The Morgan fingerprint density at radius 3 is 2.50 bits per heavy atom. The molecule has 1 unspecified atom stereocenters. The van der Waals surface area contributed by atoms with Gasteiger partial charge in [0.25, 0.3) is 11.8 Å². The summed E-state index contributed by atoms with van der Waals surface area (Å²) in [6.07, 6.45) is -0.195. The van der Waals surface area contributed by atoms with Crippen molar-refractivity contribution in [3.8, 4) is 5.75 Å². The molecular weight excluding hydrogens is 328 g/mol. The number of anilines is 1. The number of rotatable bonds is 4. The van der Waals surface area contributed by atoms with Crippen molar-refractivity contribution in [1.82, 2.24) is 5.32 Å². The van der Waals surface area contributed by atoms with Gasteiger partial charge in [-0.25, -0.2) is 0 Å². The number of benzene rings is 2. The molecule has 0 saturated carbocycles. The van der Waals surface area contributed by atoms with E-state index in [1.807, 2.05) is 42.5 Å². The molecule has 1 heterocycles. The second-order valence-electron chi connectivity index (χ2n) is 7.46. The lowest BCUT2D eigenvalue weighted by atomic mass is 9.87. The van der Waals surface area contributed by atoms with Crippen molar-refractivity contribution in [2.24, 2.45) is 0 Å². The van der Waals surface area contributed by atoms with Crippen molar-refractivity contribution in [3.63, 3.8) is 0 Å². The summed E-state index contributed by atoms with van der Waals surface area (Å²) in [7, 11) is 0. The van der Waals surface area contributed by atoms with Crippen LogP contribution in [0.1, 0.15) is 43.1 Å². The molecule has 3 rings (SSSR count). The first-order chi connectivity index (χ1) is 12.3. The quantitative estimate of drug-likeness (QED) is 0.885.